The summed E-state index contributed by atoms with van der Waals surface area (Å²) < 4.78 is 6.57. The van der Waals surface area contributed by atoms with Crippen molar-refractivity contribution in [2.24, 2.45) is 0 Å². The lowest BCUT2D eigenvalue weighted by Gasteiger charge is -2.39. The van der Waals surface area contributed by atoms with E-state index >= 15 is 0 Å². The normalized spacial score (nSPS) is 14.6. The van der Waals surface area contributed by atoms with Gasteiger partial charge in [0.15, 0.2) is 0 Å². The predicted molar refractivity (Wildman–Crippen MR) is 222 cm³/mol. The van der Waals surface area contributed by atoms with Crippen LogP contribution in [0.1, 0.15) is 47.2 Å². The van der Waals surface area contributed by atoms with Gasteiger partial charge >= 0.3 is 0 Å². The Kier molecular flexibility index (Phi) is 6.55. The van der Waals surface area contributed by atoms with Gasteiger partial charge in [0, 0.05) is 33.6 Å². The molecule has 1 aliphatic heterocycles. The molecule has 0 fully saturated rings. The third-order valence-corrected chi connectivity index (χ3v) is 12.1. The van der Waals surface area contributed by atoms with Crippen LogP contribution < -0.4 is 9.64 Å². The first-order valence-electron chi connectivity index (χ1n) is 18.8. The van der Waals surface area contributed by atoms with Crippen LogP contribution in [0.15, 0.2) is 188 Å². The fourth-order valence-corrected chi connectivity index (χ4v) is 9.69. The van der Waals surface area contributed by atoms with Crippen molar-refractivity contribution in [1.29, 1.82) is 0 Å². The van der Waals surface area contributed by atoms with E-state index in [9.17, 15) is 0 Å². The van der Waals surface area contributed by atoms with Crippen molar-refractivity contribution in [3.63, 3.8) is 0 Å². The Morgan fingerprint density at radius 2 is 0.833 bits per heavy atom. The average Bonchev–Trinajstić information content (AvgIpc) is 3.64. The Labute approximate surface area is 316 Å². The van der Waals surface area contributed by atoms with Crippen molar-refractivity contribution in [3.8, 4) is 44.9 Å². The maximum atomic E-state index is 6.57. The number of hydrogen-bond donors (Lipinski definition) is 0. The van der Waals surface area contributed by atoms with E-state index in [-0.39, 0.29) is 5.41 Å². The molecule has 3 aliphatic rings. The number of rotatable bonds is 4. The lowest BCUT2D eigenvalue weighted by atomic mass is 9.66. The molecule has 0 amide bonds. The molecule has 2 heteroatoms. The fourth-order valence-electron chi connectivity index (χ4n) is 9.69. The molecule has 0 bridgehead atoms. The lowest BCUT2D eigenvalue weighted by molar-refractivity contribution is 0.436. The van der Waals surface area contributed by atoms with Crippen LogP contribution >= 0.6 is 0 Å². The van der Waals surface area contributed by atoms with Crippen molar-refractivity contribution in [3.05, 3.63) is 221 Å². The van der Waals surface area contributed by atoms with Gasteiger partial charge in [0.1, 0.15) is 11.5 Å². The molecular weight excluding hydrogens is 655 g/mol. The van der Waals surface area contributed by atoms with Crippen molar-refractivity contribution in [2.75, 3.05) is 4.90 Å². The molecular formula is C52H37NO. The number of anilines is 3. The summed E-state index contributed by atoms with van der Waals surface area (Å²) in [5.74, 6) is 1.82. The highest BCUT2D eigenvalue weighted by atomic mass is 16.5. The van der Waals surface area contributed by atoms with Gasteiger partial charge in [-0.2, -0.15) is 0 Å². The van der Waals surface area contributed by atoms with Crippen LogP contribution in [0.4, 0.5) is 17.1 Å². The Balaban J connectivity index is 1.04. The monoisotopic (exact) mass is 691 g/mol. The predicted octanol–water partition coefficient (Wildman–Crippen LogP) is 13.6. The quantitative estimate of drug-likeness (QED) is 0.182. The molecule has 1 spiro atoms. The van der Waals surface area contributed by atoms with Crippen LogP contribution in [0, 0.1) is 0 Å². The smallest absolute Gasteiger partial charge is 0.132 e. The first kappa shape index (κ1) is 30.9. The van der Waals surface area contributed by atoms with Crippen LogP contribution in [0.25, 0.3) is 33.4 Å². The van der Waals surface area contributed by atoms with Crippen LogP contribution in [0.2, 0.25) is 0 Å². The molecule has 2 nitrogen and oxygen atoms in total. The maximum Gasteiger partial charge on any atom is 0.132 e. The van der Waals surface area contributed by atoms with Crippen LogP contribution in [0.3, 0.4) is 0 Å². The molecule has 0 saturated heterocycles. The largest absolute Gasteiger partial charge is 0.457 e. The van der Waals surface area contributed by atoms with Gasteiger partial charge < -0.3 is 9.64 Å². The Morgan fingerprint density at radius 1 is 0.352 bits per heavy atom. The van der Waals surface area contributed by atoms with Crippen molar-refractivity contribution in [2.45, 2.75) is 24.7 Å². The summed E-state index contributed by atoms with van der Waals surface area (Å²) in [5.41, 5.74) is 18.1. The fraction of sp³-hybridized carbons (Fsp3) is 0.0769. The standard InChI is InChI=1S/C52H37NO/c1-51(2)43-18-8-6-16-39(43)41-31-29-38(33-47(41)51)53(36-14-4-3-5-15-36)37-27-24-34(25-28-37)35-26-30-42-40-17-7-9-19-44(40)52(48(42)32-35)45-20-10-12-22-49(45)54-50-23-13-11-21-46(50)52/h3-33H,1-2H3. The van der Waals surface area contributed by atoms with Crippen LogP contribution in [-0.4, -0.2) is 0 Å². The van der Waals surface area contributed by atoms with E-state index in [1.54, 1.807) is 0 Å². The van der Waals surface area contributed by atoms with Gasteiger partial charge in [-0.3, -0.25) is 0 Å². The second kappa shape index (κ2) is 11.4. The third-order valence-electron chi connectivity index (χ3n) is 12.1. The Morgan fingerprint density at radius 3 is 1.54 bits per heavy atom. The SMILES string of the molecule is CC1(C)c2ccccc2-c2ccc(N(c3ccccc3)c3ccc(-c4ccc5c(c4)C4(c6ccccc6Oc6ccccc64)c4ccccc4-5)cc3)cc21. The molecule has 0 radical (unpaired) electrons. The molecule has 11 rings (SSSR count). The van der Waals surface area contributed by atoms with Crippen molar-refractivity contribution < 1.29 is 4.74 Å². The van der Waals surface area contributed by atoms with Gasteiger partial charge in [0.2, 0.25) is 0 Å². The topological polar surface area (TPSA) is 12.5 Å². The van der Waals surface area contributed by atoms with Crippen molar-refractivity contribution >= 4 is 17.1 Å². The number of hydrogen-bond acceptors (Lipinski definition) is 2. The zero-order valence-electron chi connectivity index (χ0n) is 30.3. The van der Waals surface area contributed by atoms with E-state index in [2.05, 4.69) is 207 Å². The molecule has 8 aromatic carbocycles. The molecule has 0 unspecified atom stereocenters. The molecule has 8 aromatic rings. The third kappa shape index (κ3) is 4.22. The van der Waals surface area contributed by atoms with Gasteiger partial charge in [0.05, 0.1) is 5.41 Å². The summed E-state index contributed by atoms with van der Waals surface area (Å²) >= 11 is 0. The van der Waals surface area contributed by atoms with Crippen molar-refractivity contribution in [1.82, 2.24) is 0 Å². The summed E-state index contributed by atoms with van der Waals surface area (Å²) in [6.45, 7) is 4.69. The molecule has 2 aliphatic carbocycles. The minimum absolute atomic E-state index is 0.0791. The minimum Gasteiger partial charge on any atom is -0.457 e. The zero-order valence-corrected chi connectivity index (χ0v) is 30.3. The van der Waals surface area contributed by atoms with E-state index < -0.39 is 5.41 Å². The summed E-state index contributed by atoms with van der Waals surface area (Å²) in [5, 5.41) is 0. The van der Waals surface area contributed by atoms with E-state index in [0.29, 0.717) is 0 Å². The molecule has 54 heavy (non-hydrogen) atoms. The van der Waals surface area contributed by atoms with Gasteiger partial charge in [0.25, 0.3) is 0 Å². The van der Waals surface area contributed by atoms with Gasteiger partial charge in [-0.15, -0.1) is 0 Å². The first-order chi connectivity index (χ1) is 26.5. The first-order valence-corrected chi connectivity index (χ1v) is 18.8. The molecule has 1 heterocycles. The highest BCUT2D eigenvalue weighted by molar-refractivity contribution is 5.91. The number of para-hydroxylation sites is 3. The summed E-state index contributed by atoms with van der Waals surface area (Å²) in [4.78, 5) is 2.38. The van der Waals surface area contributed by atoms with Gasteiger partial charge in [-0.1, -0.05) is 147 Å². The second-order valence-electron chi connectivity index (χ2n) is 15.3. The van der Waals surface area contributed by atoms with Crippen LogP contribution in [0.5, 0.6) is 11.5 Å². The number of ether oxygens (including phenoxy) is 1. The van der Waals surface area contributed by atoms with Crippen LogP contribution in [-0.2, 0) is 10.8 Å². The minimum atomic E-state index is -0.488. The molecule has 0 saturated carbocycles. The summed E-state index contributed by atoms with van der Waals surface area (Å²) in [6.07, 6.45) is 0. The van der Waals surface area contributed by atoms with E-state index in [0.717, 1.165) is 28.6 Å². The highest BCUT2D eigenvalue weighted by Gasteiger charge is 2.51. The van der Waals surface area contributed by atoms with E-state index in [4.69, 9.17) is 4.74 Å². The van der Waals surface area contributed by atoms with Gasteiger partial charge in [-0.25, -0.2) is 0 Å². The lowest BCUT2D eigenvalue weighted by Crippen LogP contribution is -2.32. The van der Waals surface area contributed by atoms with Gasteiger partial charge in [-0.05, 0) is 110 Å². The Hall–Kier alpha value is -6.64. The molecule has 256 valence electrons. The summed E-state index contributed by atoms with van der Waals surface area (Å²) in [6, 6.07) is 68.7. The average molecular weight is 692 g/mol. The maximum absolute atomic E-state index is 6.57. The number of nitrogens with zero attached hydrogens (tertiary/aromatic N) is 1. The number of benzene rings is 8. The molecule has 0 atom stereocenters. The molecule has 0 N–H and O–H groups in total. The summed E-state index contributed by atoms with van der Waals surface area (Å²) in [7, 11) is 0. The zero-order chi connectivity index (χ0) is 36.0. The molecule has 0 aromatic heterocycles. The highest BCUT2D eigenvalue weighted by Crippen LogP contribution is 2.62. The van der Waals surface area contributed by atoms with E-state index in [1.807, 2.05) is 0 Å². The Bertz CT molecular complexity index is 2730. The second-order valence-corrected chi connectivity index (χ2v) is 15.3. The van der Waals surface area contributed by atoms with E-state index in [1.165, 1.54) is 66.8 Å². The number of fused-ring (bicyclic) bond motifs is 12.